The Morgan fingerprint density at radius 2 is 1.76 bits per heavy atom. The number of hydrogen-bond donors (Lipinski definition) is 1. The van der Waals surface area contributed by atoms with Gasteiger partial charge in [-0.15, -0.1) is 0 Å². The standard InChI is InChI=1S/C17H15N3O/c1-20(13-8-6-12(18)7-9-13)17(21)15-10-11-19-16-5-3-2-4-14(15)16/h2-11H,18H2,1H3. The van der Waals surface area contributed by atoms with Crippen molar-refractivity contribution in [3.63, 3.8) is 0 Å². The van der Waals surface area contributed by atoms with Crippen LogP contribution < -0.4 is 10.6 Å². The molecule has 0 spiro atoms. The predicted octanol–water partition coefficient (Wildman–Crippen LogP) is 3.09. The summed E-state index contributed by atoms with van der Waals surface area (Å²) in [6, 6.07) is 16.6. The smallest absolute Gasteiger partial charge is 0.258 e. The maximum absolute atomic E-state index is 12.7. The van der Waals surface area contributed by atoms with Gasteiger partial charge in [0.1, 0.15) is 0 Å². The minimum atomic E-state index is -0.0710. The Labute approximate surface area is 122 Å². The monoisotopic (exact) mass is 277 g/mol. The zero-order valence-electron chi connectivity index (χ0n) is 11.7. The van der Waals surface area contributed by atoms with E-state index >= 15 is 0 Å². The van der Waals surface area contributed by atoms with Crippen molar-refractivity contribution in [2.75, 3.05) is 17.7 Å². The summed E-state index contributed by atoms with van der Waals surface area (Å²) in [5, 5.41) is 0.854. The van der Waals surface area contributed by atoms with E-state index in [1.807, 2.05) is 36.4 Å². The summed E-state index contributed by atoms with van der Waals surface area (Å²) in [5.74, 6) is -0.0710. The first-order chi connectivity index (χ1) is 10.2. The molecular formula is C17H15N3O. The topological polar surface area (TPSA) is 59.2 Å². The van der Waals surface area contributed by atoms with Crippen molar-refractivity contribution < 1.29 is 4.79 Å². The molecule has 1 heterocycles. The molecule has 4 nitrogen and oxygen atoms in total. The van der Waals surface area contributed by atoms with Crippen LogP contribution in [0.1, 0.15) is 10.4 Å². The largest absolute Gasteiger partial charge is 0.399 e. The molecule has 2 aromatic carbocycles. The van der Waals surface area contributed by atoms with Crippen molar-refractivity contribution in [3.8, 4) is 0 Å². The number of pyridine rings is 1. The number of carbonyl (C=O) groups excluding carboxylic acids is 1. The number of carbonyl (C=O) groups is 1. The average molecular weight is 277 g/mol. The van der Waals surface area contributed by atoms with Crippen LogP contribution in [0, 0.1) is 0 Å². The number of benzene rings is 2. The van der Waals surface area contributed by atoms with Gasteiger partial charge in [0.15, 0.2) is 0 Å². The maximum Gasteiger partial charge on any atom is 0.258 e. The lowest BCUT2D eigenvalue weighted by molar-refractivity contribution is 0.0994. The Hall–Kier alpha value is -2.88. The van der Waals surface area contributed by atoms with Gasteiger partial charge in [-0.05, 0) is 36.4 Å². The highest BCUT2D eigenvalue weighted by Crippen LogP contribution is 2.21. The fourth-order valence-corrected chi connectivity index (χ4v) is 2.28. The van der Waals surface area contributed by atoms with E-state index in [1.165, 1.54) is 0 Å². The fourth-order valence-electron chi connectivity index (χ4n) is 2.28. The zero-order chi connectivity index (χ0) is 14.8. The SMILES string of the molecule is CN(C(=O)c1ccnc2ccccc12)c1ccc(N)cc1. The van der Waals surface area contributed by atoms with Gasteiger partial charge in [-0.25, -0.2) is 0 Å². The number of hydrogen-bond acceptors (Lipinski definition) is 3. The zero-order valence-corrected chi connectivity index (χ0v) is 11.7. The Bertz CT molecular complexity index is 791. The molecule has 0 aliphatic rings. The Morgan fingerprint density at radius 3 is 2.52 bits per heavy atom. The van der Waals surface area contributed by atoms with Crippen LogP contribution in [0.2, 0.25) is 0 Å². The molecule has 104 valence electrons. The van der Waals surface area contributed by atoms with Crippen LogP contribution in [0.5, 0.6) is 0 Å². The van der Waals surface area contributed by atoms with Gasteiger partial charge >= 0.3 is 0 Å². The van der Waals surface area contributed by atoms with Crippen molar-refractivity contribution in [1.82, 2.24) is 4.98 Å². The van der Waals surface area contributed by atoms with E-state index in [2.05, 4.69) is 4.98 Å². The highest BCUT2D eigenvalue weighted by molar-refractivity contribution is 6.13. The van der Waals surface area contributed by atoms with E-state index in [4.69, 9.17) is 5.73 Å². The van der Waals surface area contributed by atoms with Gasteiger partial charge in [-0.1, -0.05) is 18.2 Å². The second kappa shape index (κ2) is 5.25. The summed E-state index contributed by atoms with van der Waals surface area (Å²) in [7, 11) is 1.75. The molecule has 21 heavy (non-hydrogen) atoms. The normalized spacial score (nSPS) is 10.5. The molecule has 0 atom stereocenters. The number of anilines is 2. The van der Waals surface area contributed by atoms with Crippen LogP contribution >= 0.6 is 0 Å². The highest BCUT2D eigenvalue weighted by atomic mass is 16.2. The third-order valence-corrected chi connectivity index (χ3v) is 3.46. The van der Waals surface area contributed by atoms with Crippen molar-refractivity contribution in [3.05, 3.63) is 66.4 Å². The van der Waals surface area contributed by atoms with Crippen LogP contribution in [0.4, 0.5) is 11.4 Å². The molecular weight excluding hydrogens is 262 g/mol. The van der Waals surface area contributed by atoms with Gasteiger partial charge in [-0.3, -0.25) is 9.78 Å². The van der Waals surface area contributed by atoms with Gasteiger partial charge < -0.3 is 10.6 Å². The Balaban J connectivity index is 2.02. The number of amides is 1. The lowest BCUT2D eigenvalue weighted by Crippen LogP contribution is -2.26. The lowest BCUT2D eigenvalue weighted by atomic mass is 10.1. The van der Waals surface area contributed by atoms with E-state index < -0.39 is 0 Å². The van der Waals surface area contributed by atoms with E-state index in [1.54, 1.807) is 36.3 Å². The summed E-state index contributed by atoms with van der Waals surface area (Å²) < 4.78 is 0. The molecule has 0 radical (unpaired) electrons. The number of nitrogen functional groups attached to an aromatic ring is 1. The van der Waals surface area contributed by atoms with E-state index in [0.717, 1.165) is 16.6 Å². The Kier molecular flexibility index (Phi) is 3.28. The molecule has 0 saturated heterocycles. The molecule has 3 rings (SSSR count). The summed E-state index contributed by atoms with van der Waals surface area (Å²) >= 11 is 0. The number of nitrogens with zero attached hydrogens (tertiary/aromatic N) is 2. The van der Waals surface area contributed by atoms with Gasteiger partial charge in [0.05, 0.1) is 11.1 Å². The molecule has 1 amide bonds. The van der Waals surface area contributed by atoms with E-state index in [9.17, 15) is 4.79 Å². The predicted molar refractivity (Wildman–Crippen MR) is 85.3 cm³/mol. The first-order valence-corrected chi connectivity index (χ1v) is 6.64. The molecule has 0 fully saturated rings. The van der Waals surface area contributed by atoms with Gasteiger partial charge in [0.25, 0.3) is 5.91 Å². The van der Waals surface area contributed by atoms with Crippen molar-refractivity contribution >= 4 is 28.2 Å². The summed E-state index contributed by atoms with van der Waals surface area (Å²) in [6.07, 6.45) is 1.66. The second-order valence-electron chi connectivity index (χ2n) is 4.83. The van der Waals surface area contributed by atoms with Gasteiger partial charge in [0.2, 0.25) is 0 Å². The number of fused-ring (bicyclic) bond motifs is 1. The summed E-state index contributed by atoms with van der Waals surface area (Å²) in [6.45, 7) is 0. The molecule has 2 N–H and O–H groups in total. The second-order valence-corrected chi connectivity index (χ2v) is 4.83. The molecule has 0 unspecified atom stereocenters. The van der Waals surface area contributed by atoms with Crippen LogP contribution in [0.15, 0.2) is 60.8 Å². The van der Waals surface area contributed by atoms with Gasteiger partial charge in [0, 0.05) is 30.0 Å². The number of para-hydroxylation sites is 1. The minimum Gasteiger partial charge on any atom is -0.399 e. The van der Waals surface area contributed by atoms with Crippen LogP contribution in [0.3, 0.4) is 0 Å². The molecule has 3 aromatic rings. The number of aromatic nitrogens is 1. The minimum absolute atomic E-state index is 0.0710. The molecule has 0 aliphatic heterocycles. The molecule has 0 aliphatic carbocycles. The van der Waals surface area contributed by atoms with Crippen molar-refractivity contribution in [2.45, 2.75) is 0 Å². The summed E-state index contributed by atoms with van der Waals surface area (Å²) in [4.78, 5) is 18.6. The van der Waals surface area contributed by atoms with E-state index in [0.29, 0.717) is 11.3 Å². The van der Waals surface area contributed by atoms with Gasteiger partial charge in [-0.2, -0.15) is 0 Å². The first kappa shape index (κ1) is 13.1. The number of rotatable bonds is 2. The van der Waals surface area contributed by atoms with Crippen molar-refractivity contribution in [2.24, 2.45) is 0 Å². The molecule has 4 heteroatoms. The number of nitrogens with two attached hydrogens (primary N) is 1. The molecule has 0 bridgehead atoms. The lowest BCUT2D eigenvalue weighted by Gasteiger charge is -2.18. The third-order valence-electron chi connectivity index (χ3n) is 3.46. The fraction of sp³-hybridized carbons (Fsp3) is 0.0588. The van der Waals surface area contributed by atoms with Crippen LogP contribution in [-0.4, -0.2) is 17.9 Å². The van der Waals surface area contributed by atoms with Crippen molar-refractivity contribution in [1.29, 1.82) is 0 Å². The van der Waals surface area contributed by atoms with E-state index in [-0.39, 0.29) is 5.91 Å². The maximum atomic E-state index is 12.7. The summed E-state index contributed by atoms with van der Waals surface area (Å²) in [5.41, 5.74) is 8.61. The average Bonchev–Trinajstić information content (AvgIpc) is 2.53. The quantitative estimate of drug-likeness (QED) is 0.732. The molecule has 1 aromatic heterocycles. The third kappa shape index (κ3) is 2.43. The van der Waals surface area contributed by atoms with Crippen LogP contribution in [0.25, 0.3) is 10.9 Å². The highest BCUT2D eigenvalue weighted by Gasteiger charge is 2.16. The molecule has 0 saturated carbocycles. The van der Waals surface area contributed by atoms with Crippen LogP contribution in [-0.2, 0) is 0 Å². The Morgan fingerprint density at radius 1 is 1.05 bits per heavy atom. The first-order valence-electron chi connectivity index (χ1n) is 6.64.